The van der Waals surface area contributed by atoms with Gasteiger partial charge in [-0.05, 0) is 30.9 Å². The van der Waals surface area contributed by atoms with Crippen LogP contribution < -0.4 is 10.3 Å². The molecule has 156 valence electrons. The molecule has 0 amide bonds. The van der Waals surface area contributed by atoms with Gasteiger partial charge in [0, 0.05) is 29.6 Å². The predicted octanol–water partition coefficient (Wildman–Crippen LogP) is 4.05. The summed E-state index contributed by atoms with van der Waals surface area (Å²) in [6, 6.07) is 8.23. The lowest BCUT2D eigenvalue weighted by molar-refractivity contribution is 0.221. The zero-order valence-electron chi connectivity index (χ0n) is 17.3. The minimum Gasteiger partial charge on any atom is -0.496 e. The summed E-state index contributed by atoms with van der Waals surface area (Å²) in [7, 11) is 1.65. The third-order valence-corrected chi connectivity index (χ3v) is 6.95. The number of fused-ring (bicyclic) bond motifs is 3. The molecule has 1 aliphatic carbocycles. The highest BCUT2D eigenvalue weighted by Gasteiger charge is 2.28. The van der Waals surface area contributed by atoms with Crippen molar-refractivity contribution in [3.63, 3.8) is 0 Å². The average Bonchev–Trinajstić information content (AvgIpc) is 3.14. The van der Waals surface area contributed by atoms with Gasteiger partial charge in [0.15, 0.2) is 0 Å². The molecule has 0 radical (unpaired) electrons. The Morgan fingerprint density at radius 1 is 1.30 bits per heavy atom. The lowest BCUT2D eigenvalue weighted by Crippen LogP contribution is -2.39. The Morgan fingerprint density at radius 2 is 2.07 bits per heavy atom. The summed E-state index contributed by atoms with van der Waals surface area (Å²) in [5.41, 5.74) is 2.20. The number of methoxy groups -OCH3 is 1. The number of nitrogens with zero attached hydrogens (tertiary/aromatic N) is 3. The van der Waals surface area contributed by atoms with Crippen molar-refractivity contribution in [1.29, 1.82) is 0 Å². The van der Waals surface area contributed by atoms with E-state index >= 15 is 0 Å². The maximum Gasteiger partial charge on any atom is 0.262 e. The summed E-state index contributed by atoms with van der Waals surface area (Å²) < 4.78 is 7.14. The number of para-hydroxylation sites is 1. The van der Waals surface area contributed by atoms with Gasteiger partial charge in [-0.3, -0.25) is 14.3 Å². The molecule has 3 aromatic rings. The van der Waals surface area contributed by atoms with Crippen LogP contribution in [0.3, 0.4) is 0 Å². The monoisotopic (exact) mass is 421 g/mol. The molecule has 1 aromatic carbocycles. The number of aromatic nitrogens is 2. The van der Waals surface area contributed by atoms with Crippen molar-refractivity contribution in [2.45, 2.75) is 31.8 Å². The molecule has 2 heterocycles. The molecule has 1 aliphatic rings. The van der Waals surface area contributed by atoms with Crippen LogP contribution in [0, 0.1) is 0 Å². The molecular formula is C24H27N3O2S. The molecular weight excluding hydrogens is 394 g/mol. The van der Waals surface area contributed by atoms with Crippen LogP contribution in [-0.2, 0) is 19.4 Å². The van der Waals surface area contributed by atoms with Crippen molar-refractivity contribution >= 4 is 21.6 Å². The number of benzene rings is 1. The largest absolute Gasteiger partial charge is 0.496 e. The van der Waals surface area contributed by atoms with Gasteiger partial charge in [0.05, 0.1) is 25.4 Å². The van der Waals surface area contributed by atoms with Gasteiger partial charge in [-0.2, -0.15) is 0 Å². The zero-order chi connectivity index (χ0) is 21.1. The Hall–Kier alpha value is -2.70. The molecule has 0 N–H and O–H groups in total. The first-order chi connectivity index (χ1) is 14.7. The normalized spacial score (nSPS) is 15.9. The minimum atomic E-state index is 0.0379. The van der Waals surface area contributed by atoms with Crippen LogP contribution in [-0.4, -0.2) is 40.7 Å². The molecule has 0 bridgehead atoms. The van der Waals surface area contributed by atoms with Crippen molar-refractivity contribution in [3.8, 4) is 5.75 Å². The SMILES string of the molecule is C=CCN(CC=C)[C@H]1CCc2c(sc3ncn(Cc4ccccc4OC)c(=O)c23)C1. The van der Waals surface area contributed by atoms with Gasteiger partial charge < -0.3 is 4.74 Å². The maximum atomic E-state index is 13.3. The quantitative estimate of drug-likeness (QED) is 0.515. The fraction of sp³-hybridized carbons (Fsp3) is 0.333. The van der Waals surface area contributed by atoms with Gasteiger partial charge >= 0.3 is 0 Å². The lowest BCUT2D eigenvalue weighted by Gasteiger charge is -2.32. The fourth-order valence-electron chi connectivity index (χ4n) is 4.33. The predicted molar refractivity (Wildman–Crippen MR) is 124 cm³/mol. The summed E-state index contributed by atoms with van der Waals surface area (Å²) in [4.78, 5) is 22.5. The van der Waals surface area contributed by atoms with Crippen LogP contribution in [0.15, 0.2) is 60.7 Å². The van der Waals surface area contributed by atoms with Gasteiger partial charge in [-0.15, -0.1) is 24.5 Å². The molecule has 0 unspecified atom stereocenters. The number of ether oxygens (including phenoxy) is 1. The molecule has 6 heteroatoms. The highest BCUT2D eigenvalue weighted by Crippen LogP contribution is 2.35. The maximum absolute atomic E-state index is 13.3. The molecule has 0 spiro atoms. The topological polar surface area (TPSA) is 47.4 Å². The number of aryl methyl sites for hydroxylation is 1. The van der Waals surface area contributed by atoms with Crippen molar-refractivity contribution in [1.82, 2.24) is 14.5 Å². The summed E-state index contributed by atoms with van der Waals surface area (Å²) in [6.07, 6.45) is 8.44. The van der Waals surface area contributed by atoms with Crippen molar-refractivity contribution < 1.29 is 4.74 Å². The minimum absolute atomic E-state index is 0.0379. The van der Waals surface area contributed by atoms with Crippen LogP contribution in [0.2, 0.25) is 0 Å². The Morgan fingerprint density at radius 3 is 2.80 bits per heavy atom. The van der Waals surface area contributed by atoms with E-state index in [1.54, 1.807) is 29.3 Å². The van der Waals surface area contributed by atoms with Crippen molar-refractivity contribution in [2.24, 2.45) is 0 Å². The Labute approximate surface area is 180 Å². The van der Waals surface area contributed by atoms with E-state index in [2.05, 4.69) is 23.0 Å². The molecule has 2 aromatic heterocycles. The van der Waals surface area contributed by atoms with E-state index in [1.165, 1.54) is 10.4 Å². The summed E-state index contributed by atoms with van der Waals surface area (Å²) >= 11 is 1.67. The van der Waals surface area contributed by atoms with E-state index in [1.807, 2.05) is 36.4 Å². The Bertz CT molecular complexity index is 1120. The van der Waals surface area contributed by atoms with E-state index in [0.29, 0.717) is 12.6 Å². The van der Waals surface area contributed by atoms with E-state index in [-0.39, 0.29) is 5.56 Å². The molecule has 0 aliphatic heterocycles. The van der Waals surface area contributed by atoms with Crippen LogP contribution in [0.5, 0.6) is 5.75 Å². The smallest absolute Gasteiger partial charge is 0.262 e. The first-order valence-corrected chi connectivity index (χ1v) is 11.0. The summed E-state index contributed by atoms with van der Waals surface area (Å²) in [6.45, 7) is 9.92. The van der Waals surface area contributed by atoms with Crippen LogP contribution in [0.1, 0.15) is 22.4 Å². The van der Waals surface area contributed by atoms with Gasteiger partial charge in [-0.25, -0.2) is 4.98 Å². The number of hydrogen-bond acceptors (Lipinski definition) is 5. The number of hydrogen-bond donors (Lipinski definition) is 0. The number of rotatable bonds is 8. The first-order valence-electron chi connectivity index (χ1n) is 10.2. The second-order valence-electron chi connectivity index (χ2n) is 7.60. The molecule has 0 saturated heterocycles. The lowest BCUT2D eigenvalue weighted by atomic mass is 9.92. The molecule has 5 nitrogen and oxygen atoms in total. The third-order valence-electron chi connectivity index (χ3n) is 5.79. The Kier molecular flexibility index (Phi) is 6.16. The molecule has 1 atom stereocenters. The van der Waals surface area contributed by atoms with Gasteiger partial charge in [0.2, 0.25) is 0 Å². The second-order valence-corrected chi connectivity index (χ2v) is 8.68. The van der Waals surface area contributed by atoms with Crippen LogP contribution in [0.4, 0.5) is 0 Å². The van der Waals surface area contributed by atoms with E-state index < -0.39 is 0 Å². The highest BCUT2D eigenvalue weighted by molar-refractivity contribution is 7.18. The van der Waals surface area contributed by atoms with Crippen LogP contribution in [0.25, 0.3) is 10.2 Å². The fourth-order valence-corrected chi connectivity index (χ4v) is 5.58. The standard InChI is InChI=1S/C24H27N3O2S/c1-4-12-26(13-5-2)18-10-11-19-21(14-18)30-23-22(19)24(28)27(16-25-23)15-17-8-6-7-9-20(17)29-3/h4-9,16,18H,1-2,10-15H2,3H3/t18-/m0/s1. The summed E-state index contributed by atoms with van der Waals surface area (Å²) in [5, 5.41) is 0.796. The molecule has 0 fully saturated rings. The van der Waals surface area contributed by atoms with E-state index in [9.17, 15) is 4.79 Å². The average molecular weight is 422 g/mol. The molecule has 0 saturated carbocycles. The van der Waals surface area contributed by atoms with Crippen molar-refractivity contribution in [2.75, 3.05) is 20.2 Å². The number of thiophene rings is 1. The second kappa shape index (κ2) is 8.98. The summed E-state index contributed by atoms with van der Waals surface area (Å²) in [5.74, 6) is 0.782. The Balaban J connectivity index is 1.67. The van der Waals surface area contributed by atoms with Crippen LogP contribution >= 0.6 is 11.3 Å². The molecule has 4 rings (SSSR count). The van der Waals surface area contributed by atoms with Crippen molar-refractivity contribution in [3.05, 3.63) is 82.3 Å². The third kappa shape index (κ3) is 3.85. The van der Waals surface area contributed by atoms with E-state index in [0.717, 1.165) is 53.9 Å². The first kappa shape index (κ1) is 20.6. The molecule has 30 heavy (non-hydrogen) atoms. The van der Waals surface area contributed by atoms with Gasteiger partial charge in [0.1, 0.15) is 10.6 Å². The van der Waals surface area contributed by atoms with Gasteiger partial charge in [-0.1, -0.05) is 30.4 Å². The highest BCUT2D eigenvalue weighted by atomic mass is 32.1. The van der Waals surface area contributed by atoms with E-state index in [4.69, 9.17) is 4.74 Å². The van der Waals surface area contributed by atoms with Gasteiger partial charge in [0.25, 0.3) is 5.56 Å². The zero-order valence-corrected chi connectivity index (χ0v) is 18.2.